The van der Waals surface area contributed by atoms with Crippen molar-refractivity contribution in [1.82, 2.24) is 9.55 Å². The van der Waals surface area contributed by atoms with Crippen molar-refractivity contribution in [3.63, 3.8) is 0 Å². The minimum Gasteiger partial charge on any atom is -0.362 e. The number of nitrogens with zero attached hydrogens (tertiary/aromatic N) is 3. The molecule has 2 atom stereocenters. The van der Waals surface area contributed by atoms with E-state index in [0.29, 0.717) is 17.1 Å². The molecule has 1 N–H and O–H groups in total. The van der Waals surface area contributed by atoms with E-state index in [4.69, 9.17) is 0 Å². The second kappa shape index (κ2) is 5.60. The predicted molar refractivity (Wildman–Crippen MR) is 73.0 cm³/mol. The largest absolute Gasteiger partial charge is 0.406 e. The molecule has 2 rings (SSSR count). The molecule has 1 fully saturated rings. The summed E-state index contributed by atoms with van der Waals surface area (Å²) in [5.41, 5.74) is 0. The van der Waals surface area contributed by atoms with Crippen LogP contribution in [0.5, 0.6) is 0 Å². The maximum Gasteiger partial charge on any atom is 0.406 e. The van der Waals surface area contributed by atoms with Crippen molar-refractivity contribution in [2.75, 3.05) is 11.6 Å². The van der Waals surface area contributed by atoms with Crippen LogP contribution in [0.4, 0.5) is 11.6 Å². The zero-order chi connectivity index (χ0) is 13.1. The maximum atomic E-state index is 10.9. The third-order valence-electron chi connectivity index (χ3n) is 3.39. The minimum absolute atomic E-state index is 0.0798. The van der Waals surface area contributed by atoms with Crippen molar-refractivity contribution in [1.29, 1.82) is 0 Å². The molecule has 7 heteroatoms. The summed E-state index contributed by atoms with van der Waals surface area (Å²) in [6.45, 7) is 0. The Morgan fingerprint density at radius 3 is 3.06 bits per heavy atom. The molecule has 1 heterocycles. The van der Waals surface area contributed by atoms with E-state index in [0.717, 1.165) is 12.8 Å². The number of aryl methyl sites for hydroxylation is 1. The second-order valence-corrected chi connectivity index (χ2v) is 5.79. The van der Waals surface area contributed by atoms with Gasteiger partial charge in [-0.15, -0.1) is 0 Å². The lowest BCUT2D eigenvalue weighted by molar-refractivity contribution is -0.388. The van der Waals surface area contributed by atoms with E-state index in [1.807, 2.05) is 11.8 Å². The number of hydrogen-bond acceptors (Lipinski definition) is 5. The summed E-state index contributed by atoms with van der Waals surface area (Å²) in [4.78, 5) is 14.3. The Labute approximate surface area is 110 Å². The van der Waals surface area contributed by atoms with Gasteiger partial charge in [0.15, 0.2) is 0 Å². The first kappa shape index (κ1) is 13.2. The molecular weight excluding hydrogens is 252 g/mol. The molecule has 0 bridgehead atoms. The van der Waals surface area contributed by atoms with Crippen LogP contribution in [-0.4, -0.2) is 32.0 Å². The third-order valence-corrected chi connectivity index (χ3v) is 4.49. The summed E-state index contributed by atoms with van der Waals surface area (Å²) in [6, 6.07) is 0.310. The summed E-state index contributed by atoms with van der Waals surface area (Å²) in [5.74, 6) is 0.440. The van der Waals surface area contributed by atoms with Crippen LogP contribution in [0.1, 0.15) is 25.7 Å². The van der Waals surface area contributed by atoms with Crippen molar-refractivity contribution in [2.45, 2.75) is 37.0 Å². The van der Waals surface area contributed by atoms with Gasteiger partial charge in [-0.1, -0.05) is 6.42 Å². The van der Waals surface area contributed by atoms with Gasteiger partial charge in [-0.25, -0.2) is 0 Å². The Morgan fingerprint density at radius 1 is 1.61 bits per heavy atom. The summed E-state index contributed by atoms with van der Waals surface area (Å²) in [6.07, 6.45) is 8.15. The average molecular weight is 270 g/mol. The summed E-state index contributed by atoms with van der Waals surface area (Å²) in [5, 5.41) is 14.8. The Kier molecular flexibility index (Phi) is 4.11. The molecule has 18 heavy (non-hydrogen) atoms. The van der Waals surface area contributed by atoms with E-state index < -0.39 is 4.92 Å². The molecule has 0 amide bonds. The Morgan fingerprint density at radius 2 is 2.39 bits per heavy atom. The van der Waals surface area contributed by atoms with Gasteiger partial charge in [0.1, 0.15) is 0 Å². The Balaban J connectivity index is 2.09. The molecule has 0 aliphatic heterocycles. The van der Waals surface area contributed by atoms with Gasteiger partial charge in [-0.3, -0.25) is 4.57 Å². The van der Waals surface area contributed by atoms with Crippen LogP contribution in [0.3, 0.4) is 0 Å². The van der Waals surface area contributed by atoms with Crippen LogP contribution >= 0.6 is 11.8 Å². The number of imidazole rings is 1. The molecule has 0 radical (unpaired) electrons. The van der Waals surface area contributed by atoms with Gasteiger partial charge >= 0.3 is 5.82 Å². The van der Waals surface area contributed by atoms with E-state index in [2.05, 4.69) is 16.6 Å². The predicted octanol–water partition coefficient (Wildman–Crippen LogP) is 2.41. The lowest BCUT2D eigenvalue weighted by Crippen LogP contribution is -2.29. The normalized spacial score (nSPS) is 23.9. The highest BCUT2D eigenvalue weighted by Gasteiger charge is 2.26. The molecule has 100 valence electrons. The Bertz CT molecular complexity index is 435. The summed E-state index contributed by atoms with van der Waals surface area (Å²) in [7, 11) is 1.78. The number of rotatable bonds is 4. The van der Waals surface area contributed by atoms with Gasteiger partial charge in [0, 0.05) is 18.3 Å². The fraction of sp³-hybridized carbons (Fsp3) is 0.727. The number of aromatic nitrogens is 2. The van der Waals surface area contributed by atoms with Crippen LogP contribution in [-0.2, 0) is 7.05 Å². The number of thioether (sulfide) groups is 1. The summed E-state index contributed by atoms with van der Waals surface area (Å²) < 4.78 is 1.68. The molecular formula is C11H18N4O2S. The molecule has 1 aliphatic carbocycles. The minimum atomic E-state index is -0.433. The highest BCUT2D eigenvalue weighted by atomic mass is 32.2. The van der Waals surface area contributed by atoms with Crippen LogP contribution in [0.15, 0.2) is 6.33 Å². The van der Waals surface area contributed by atoms with Crippen LogP contribution in [0.2, 0.25) is 0 Å². The van der Waals surface area contributed by atoms with Gasteiger partial charge in [0.05, 0.1) is 0 Å². The van der Waals surface area contributed by atoms with Gasteiger partial charge in [-0.2, -0.15) is 11.8 Å². The zero-order valence-electron chi connectivity index (χ0n) is 10.6. The first-order valence-electron chi connectivity index (χ1n) is 6.07. The molecule has 6 nitrogen and oxygen atoms in total. The van der Waals surface area contributed by atoms with E-state index >= 15 is 0 Å². The number of nitro groups is 1. The highest BCUT2D eigenvalue weighted by molar-refractivity contribution is 7.99. The fourth-order valence-electron chi connectivity index (χ4n) is 2.40. The van der Waals surface area contributed by atoms with Crippen LogP contribution < -0.4 is 5.32 Å². The maximum absolute atomic E-state index is 10.9. The lowest BCUT2D eigenvalue weighted by atomic mass is 9.95. The smallest absolute Gasteiger partial charge is 0.362 e. The van der Waals surface area contributed by atoms with Crippen molar-refractivity contribution in [2.24, 2.45) is 7.05 Å². The molecule has 0 aromatic carbocycles. The van der Waals surface area contributed by atoms with Crippen LogP contribution in [0.25, 0.3) is 0 Å². The third kappa shape index (κ3) is 2.77. The Hall–Kier alpha value is -1.24. The van der Waals surface area contributed by atoms with E-state index in [1.165, 1.54) is 19.2 Å². The quantitative estimate of drug-likeness (QED) is 0.672. The molecule has 2 unspecified atom stereocenters. The van der Waals surface area contributed by atoms with Crippen LogP contribution in [0, 0.1) is 10.1 Å². The molecule has 1 aromatic rings. The SMILES string of the molecule is CSC1CCCC(Nc2c([N+](=O)[O-])ncn2C)C1. The molecule has 0 saturated heterocycles. The molecule has 1 saturated carbocycles. The number of nitrogens with one attached hydrogen (secondary N) is 1. The van der Waals surface area contributed by atoms with Crippen molar-refractivity contribution < 1.29 is 4.92 Å². The average Bonchev–Trinajstić information content (AvgIpc) is 2.71. The van der Waals surface area contributed by atoms with E-state index in [9.17, 15) is 10.1 Å². The van der Waals surface area contributed by atoms with Crippen molar-refractivity contribution >= 4 is 23.4 Å². The van der Waals surface area contributed by atoms with Crippen molar-refractivity contribution in [3.8, 4) is 0 Å². The second-order valence-electron chi connectivity index (χ2n) is 4.65. The molecule has 0 spiro atoms. The standard InChI is InChI=1S/C11H18N4O2S/c1-14-7-12-10(15(16)17)11(14)13-8-4-3-5-9(6-8)18-2/h7-9,13H,3-6H2,1-2H3. The molecule has 1 aromatic heterocycles. The van der Waals surface area contributed by atoms with Gasteiger partial charge < -0.3 is 15.4 Å². The first-order chi connectivity index (χ1) is 8.61. The number of anilines is 1. The fourth-order valence-corrected chi connectivity index (χ4v) is 3.23. The number of hydrogen-bond donors (Lipinski definition) is 1. The highest BCUT2D eigenvalue weighted by Crippen LogP contribution is 2.30. The lowest BCUT2D eigenvalue weighted by Gasteiger charge is -2.28. The van der Waals surface area contributed by atoms with E-state index in [-0.39, 0.29) is 5.82 Å². The van der Waals surface area contributed by atoms with Gasteiger partial charge in [0.25, 0.3) is 0 Å². The topological polar surface area (TPSA) is 73.0 Å². The van der Waals surface area contributed by atoms with Gasteiger partial charge in [-0.05, 0) is 35.4 Å². The van der Waals surface area contributed by atoms with Gasteiger partial charge in [0.2, 0.25) is 12.1 Å². The first-order valence-corrected chi connectivity index (χ1v) is 7.35. The van der Waals surface area contributed by atoms with E-state index in [1.54, 1.807) is 11.6 Å². The summed E-state index contributed by atoms with van der Waals surface area (Å²) >= 11 is 1.88. The monoisotopic (exact) mass is 270 g/mol. The van der Waals surface area contributed by atoms with Crippen molar-refractivity contribution in [3.05, 3.63) is 16.4 Å². The zero-order valence-corrected chi connectivity index (χ0v) is 11.4. The molecule has 1 aliphatic rings.